The highest BCUT2D eigenvalue weighted by molar-refractivity contribution is 7.89. The van der Waals surface area contributed by atoms with Gasteiger partial charge in [0.25, 0.3) is 0 Å². The SMILES string of the molecule is O=C(CN1CCN(S(=O)(=O)c2ccc3c(c2)CCCC3)CC1)Nc1cccc(Cl)c1. The van der Waals surface area contributed by atoms with Gasteiger partial charge in [-0.05, 0) is 67.1 Å². The van der Waals surface area contributed by atoms with E-state index in [4.69, 9.17) is 11.6 Å². The first-order valence-corrected chi connectivity index (χ1v) is 12.1. The van der Waals surface area contributed by atoms with Gasteiger partial charge in [-0.15, -0.1) is 0 Å². The van der Waals surface area contributed by atoms with E-state index in [2.05, 4.69) is 5.32 Å². The minimum absolute atomic E-state index is 0.136. The normalized spacial score (nSPS) is 18.0. The van der Waals surface area contributed by atoms with Crippen molar-refractivity contribution in [2.75, 3.05) is 38.0 Å². The minimum Gasteiger partial charge on any atom is -0.325 e. The van der Waals surface area contributed by atoms with Gasteiger partial charge in [0.2, 0.25) is 15.9 Å². The van der Waals surface area contributed by atoms with Crippen LogP contribution in [0.15, 0.2) is 47.4 Å². The molecule has 160 valence electrons. The molecular weight excluding hydrogens is 422 g/mol. The Labute approximate surface area is 182 Å². The van der Waals surface area contributed by atoms with Gasteiger partial charge in [0.15, 0.2) is 0 Å². The molecule has 1 amide bonds. The number of aryl methyl sites for hydroxylation is 2. The number of nitrogens with zero attached hydrogens (tertiary/aromatic N) is 2. The summed E-state index contributed by atoms with van der Waals surface area (Å²) in [4.78, 5) is 14.7. The van der Waals surface area contributed by atoms with Crippen molar-refractivity contribution in [1.29, 1.82) is 0 Å². The Balaban J connectivity index is 1.34. The molecule has 1 aliphatic carbocycles. The van der Waals surface area contributed by atoms with E-state index in [-0.39, 0.29) is 12.5 Å². The Morgan fingerprint density at radius 2 is 1.70 bits per heavy atom. The van der Waals surface area contributed by atoms with E-state index in [0.29, 0.717) is 41.8 Å². The Kier molecular flexibility index (Phi) is 6.43. The molecule has 0 saturated carbocycles. The Morgan fingerprint density at radius 1 is 0.967 bits per heavy atom. The van der Waals surface area contributed by atoms with Crippen LogP contribution >= 0.6 is 11.6 Å². The van der Waals surface area contributed by atoms with Crippen LogP contribution in [0, 0.1) is 0 Å². The molecule has 0 radical (unpaired) electrons. The number of amides is 1. The number of piperazine rings is 1. The molecule has 1 heterocycles. The fourth-order valence-electron chi connectivity index (χ4n) is 4.12. The van der Waals surface area contributed by atoms with Crippen molar-refractivity contribution in [3.8, 4) is 0 Å². The molecule has 0 unspecified atom stereocenters. The number of benzene rings is 2. The summed E-state index contributed by atoms with van der Waals surface area (Å²) in [6, 6.07) is 12.6. The average molecular weight is 448 g/mol. The Hall–Kier alpha value is -1.93. The predicted octanol–water partition coefficient (Wildman–Crippen LogP) is 3.16. The Bertz CT molecular complexity index is 1030. The third kappa shape index (κ3) is 4.86. The number of sulfonamides is 1. The van der Waals surface area contributed by atoms with Crippen molar-refractivity contribution in [1.82, 2.24) is 9.21 Å². The van der Waals surface area contributed by atoms with Crippen LogP contribution in [0.1, 0.15) is 24.0 Å². The lowest BCUT2D eigenvalue weighted by atomic mass is 9.92. The van der Waals surface area contributed by atoms with Crippen LogP contribution in [0.4, 0.5) is 5.69 Å². The first-order chi connectivity index (χ1) is 14.4. The van der Waals surface area contributed by atoms with Gasteiger partial charge in [-0.1, -0.05) is 23.7 Å². The smallest absolute Gasteiger partial charge is 0.243 e. The molecule has 2 aliphatic rings. The van der Waals surface area contributed by atoms with Gasteiger partial charge in [-0.3, -0.25) is 9.69 Å². The number of nitrogens with one attached hydrogen (secondary N) is 1. The van der Waals surface area contributed by atoms with E-state index in [9.17, 15) is 13.2 Å². The predicted molar refractivity (Wildman–Crippen MR) is 118 cm³/mol. The van der Waals surface area contributed by atoms with Gasteiger partial charge >= 0.3 is 0 Å². The third-order valence-corrected chi connectivity index (χ3v) is 7.89. The molecule has 1 N–H and O–H groups in total. The molecule has 8 heteroatoms. The zero-order valence-electron chi connectivity index (χ0n) is 16.8. The van der Waals surface area contributed by atoms with Crippen molar-refractivity contribution in [2.45, 2.75) is 30.6 Å². The van der Waals surface area contributed by atoms with Crippen molar-refractivity contribution < 1.29 is 13.2 Å². The highest BCUT2D eigenvalue weighted by Gasteiger charge is 2.29. The molecule has 0 atom stereocenters. The summed E-state index contributed by atoms with van der Waals surface area (Å²) in [6.45, 7) is 2.02. The van der Waals surface area contributed by atoms with Crippen LogP contribution in [-0.4, -0.2) is 56.3 Å². The zero-order chi connectivity index (χ0) is 21.1. The quantitative estimate of drug-likeness (QED) is 0.764. The van der Waals surface area contributed by atoms with Crippen molar-refractivity contribution in [2.24, 2.45) is 0 Å². The summed E-state index contributed by atoms with van der Waals surface area (Å²) >= 11 is 5.94. The third-order valence-electron chi connectivity index (χ3n) is 5.76. The number of rotatable bonds is 5. The standard InChI is InChI=1S/C22H26ClN3O3S/c23-19-6-3-7-20(15-19)24-22(27)16-25-10-12-26(13-11-25)30(28,29)21-9-8-17-4-1-2-5-18(17)14-21/h3,6-9,14-15H,1-2,4-5,10-13,16H2,(H,24,27). The highest BCUT2D eigenvalue weighted by atomic mass is 35.5. The Morgan fingerprint density at radius 3 is 2.43 bits per heavy atom. The topological polar surface area (TPSA) is 69.7 Å². The van der Waals surface area contributed by atoms with Crippen molar-refractivity contribution in [3.63, 3.8) is 0 Å². The number of carbonyl (C=O) groups is 1. The van der Waals surface area contributed by atoms with Gasteiger partial charge in [0.05, 0.1) is 11.4 Å². The van der Waals surface area contributed by atoms with Gasteiger partial charge in [0, 0.05) is 36.9 Å². The molecule has 0 spiro atoms. The zero-order valence-corrected chi connectivity index (χ0v) is 18.4. The maximum atomic E-state index is 13.1. The van der Waals surface area contributed by atoms with Crippen LogP contribution in [0.2, 0.25) is 5.02 Å². The maximum absolute atomic E-state index is 13.1. The second-order valence-electron chi connectivity index (χ2n) is 7.88. The maximum Gasteiger partial charge on any atom is 0.243 e. The molecule has 1 saturated heterocycles. The van der Waals surface area contributed by atoms with E-state index in [1.807, 2.05) is 17.0 Å². The summed E-state index contributed by atoms with van der Waals surface area (Å²) in [5, 5.41) is 3.39. The lowest BCUT2D eigenvalue weighted by Crippen LogP contribution is -2.50. The lowest BCUT2D eigenvalue weighted by Gasteiger charge is -2.33. The van der Waals surface area contributed by atoms with Crippen LogP contribution in [0.5, 0.6) is 0 Å². The number of fused-ring (bicyclic) bond motifs is 1. The van der Waals surface area contributed by atoms with Gasteiger partial charge in [-0.2, -0.15) is 4.31 Å². The molecule has 0 bridgehead atoms. The molecule has 2 aromatic rings. The number of anilines is 1. The summed E-state index contributed by atoms with van der Waals surface area (Å²) in [6.07, 6.45) is 4.28. The molecular formula is C22H26ClN3O3S. The first kappa shape index (κ1) is 21.3. The molecule has 2 aromatic carbocycles. The highest BCUT2D eigenvalue weighted by Crippen LogP contribution is 2.26. The van der Waals surface area contributed by atoms with Crippen LogP contribution < -0.4 is 5.32 Å². The van der Waals surface area contributed by atoms with Crippen LogP contribution in [-0.2, 0) is 27.7 Å². The van der Waals surface area contributed by atoms with E-state index in [0.717, 1.165) is 19.3 Å². The van der Waals surface area contributed by atoms with Crippen molar-refractivity contribution in [3.05, 3.63) is 58.6 Å². The van der Waals surface area contributed by atoms with Gasteiger partial charge < -0.3 is 5.32 Å². The average Bonchev–Trinajstić information content (AvgIpc) is 2.73. The largest absolute Gasteiger partial charge is 0.325 e. The number of halogens is 1. The number of hydrogen-bond acceptors (Lipinski definition) is 4. The monoisotopic (exact) mass is 447 g/mol. The van der Waals surface area contributed by atoms with Gasteiger partial charge in [0.1, 0.15) is 0 Å². The molecule has 4 rings (SSSR count). The fraction of sp³-hybridized carbons (Fsp3) is 0.409. The first-order valence-electron chi connectivity index (χ1n) is 10.3. The second kappa shape index (κ2) is 9.06. The van der Waals surface area contributed by atoms with Gasteiger partial charge in [-0.25, -0.2) is 8.42 Å². The minimum atomic E-state index is -3.51. The molecule has 1 aliphatic heterocycles. The summed E-state index contributed by atoms with van der Waals surface area (Å²) < 4.78 is 27.7. The molecule has 1 fully saturated rings. The van der Waals surface area contributed by atoms with Crippen LogP contribution in [0.3, 0.4) is 0 Å². The number of hydrogen-bond donors (Lipinski definition) is 1. The summed E-state index contributed by atoms with van der Waals surface area (Å²) in [5.74, 6) is -0.136. The number of carbonyl (C=O) groups excluding carboxylic acids is 1. The summed E-state index contributed by atoms with van der Waals surface area (Å²) in [5.41, 5.74) is 3.09. The molecule has 0 aromatic heterocycles. The van der Waals surface area contributed by atoms with E-state index in [1.54, 1.807) is 30.3 Å². The molecule has 30 heavy (non-hydrogen) atoms. The van der Waals surface area contributed by atoms with E-state index >= 15 is 0 Å². The fourth-order valence-corrected chi connectivity index (χ4v) is 5.78. The second-order valence-corrected chi connectivity index (χ2v) is 10.3. The van der Waals surface area contributed by atoms with Crippen molar-refractivity contribution >= 4 is 33.2 Å². The van der Waals surface area contributed by atoms with Crippen LogP contribution in [0.25, 0.3) is 0 Å². The summed E-state index contributed by atoms with van der Waals surface area (Å²) in [7, 11) is -3.51. The lowest BCUT2D eigenvalue weighted by molar-refractivity contribution is -0.117. The molecule has 6 nitrogen and oxygen atoms in total. The van der Waals surface area contributed by atoms with E-state index < -0.39 is 10.0 Å². The van der Waals surface area contributed by atoms with E-state index in [1.165, 1.54) is 21.9 Å².